The molecule has 0 aliphatic rings. The highest BCUT2D eigenvalue weighted by Crippen LogP contribution is 2.22. The van der Waals surface area contributed by atoms with Gasteiger partial charge in [-0.1, -0.05) is 0 Å². The maximum Gasteiger partial charge on any atom is 0.157 e. The molecular formula is C11H11FN4. The molecule has 0 bridgehead atoms. The topological polar surface area (TPSA) is 63.8 Å². The maximum absolute atomic E-state index is 12.9. The Morgan fingerprint density at radius 1 is 1.38 bits per heavy atom. The minimum atomic E-state index is -0.265. The Hall–Kier alpha value is -2.17. The number of hydrogen-bond donors (Lipinski definition) is 2. The fourth-order valence-electron chi connectivity index (χ4n) is 1.34. The van der Waals surface area contributed by atoms with Crippen molar-refractivity contribution in [1.82, 2.24) is 9.97 Å². The van der Waals surface area contributed by atoms with Gasteiger partial charge in [-0.3, -0.25) is 0 Å². The number of benzene rings is 1. The molecule has 2 aromatic rings. The molecule has 5 heteroatoms. The Kier molecular flexibility index (Phi) is 2.68. The van der Waals surface area contributed by atoms with Crippen molar-refractivity contribution in [2.75, 3.05) is 11.1 Å². The zero-order valence-corrected chi connectivity index (χ0v) is 8.74. The van der Waals surface area contributed by atoms with E-state index in [0.29, 0.717) is 11.5 Å². The van der Waals surface area contributed by atoms with E-state index >= 15 is 0 Å². The highest BCUT2D eigenvalue weighted by Gasteiger charge is 2.03. The van der Waals surface area contributed by atoms with Crippen molar-refractivity contribution in [1.29, 1.82) is 0 Å². The SMILES string of the molecule is Cc1cc(F)ccc1Nc1ncncc1N. The first-order valence-corrected chi connectivity index (χ1v) is 4.75. The van der Waals surface area contributed by atoms with Crippen molar-refractivity contribution in [3.05, 3.63) is 42.1 Å². The number of nitrogens with zero attached hydrogens (tertiary/aromatic N) is 2. The van der Waals surface area contributed by atoms with Crippen molar-refractivity contribution in [2.24, 2.45) is 0 Å². The first-order valence-electron chi connectivity index (χ1n) is 4.75. The van der Waals surface area contributed by atoms with Gasteiger partial charge in [0.2, 0.25) is 0 Å². The van der Waals surface area contributed by atoms with Crippen LogP contribution < -0.4 is 11.1 Å². The number of rotatable bonds is 2. The van der Waals surface area contributed by atoms with Gasteiger partial charge in [0.05, 0.1) is 11.9 Å². The molecule has 4 nitrogen and oxygen atoms in total. The number of anilines is 3. The molecule has 0 aliphatic carbocycles. The van der Waals surface area contributed by atoms with Crippen molar-refractivity contribution in [2.45, 2.75) is 6.92 Å². The van der Waals surface area contributed by atoms with Gasteiger partial charge in [-0.15, -0.1) is 0 Å². The summed E-state index contributed by atoms with van der Waals surface area (Å²) in [5.41, 5.74) is 7.70. The van der Waals surface area contributed by atoms with Gasteiger partial charge in [-0.25, -0.2) is 14.4 Å². The lowest BCUT2D eigenvalue weighted by Crippen LogP contribution is -2.01. The molecule has 2 rings (SSSR count). The van der Waals surface area contributed by atoms with Crippen LogP contribution in [0.5, 0.6) is 0 Å². The Bertz CT molecular complexity index is 513. The zero-order valence-electron chi connectivity index (χ0n) is 8.74. The Labute approximate surface area is 92.3 Å². The number of aromatic nitrogens is 2. The molecule has 0 saturated heterocycles. The monoisotopic (exact) mass is 218 g/mol. The molecule has 0 unspecified atom stereocenters. The van der Waals surface area contributed by atoms with Crippen LogP contribution in [-0.2, 0) is 0 Å². The summed E-state index contributed by atoms with van der Waals surface area (Å²) in [5.74, 6) is 0.253. The molecule has 0 amide bonds. The van der Waals surface area contributed by atoms with Crippen LogP contribution in [-0.4, -0.2) is 9.97 Å². The molecule has 1 heterocycles. The van der Waals surface area contributed by atoms with Gasteiger partial charge < -0.3 is 11.1 Å². The molecule has 3 N–H and O–H groups in total. The van der Waals surface area contributed by atoms with E-state index in [4.69, 9.17) is 5.73 Å². The van der Waals surface area contributed by atoms with Crippen molar-refractivity contribution in [3.8, 4) is 0 Å². The normalized spacial score (nSPS) is 10.1. The molecule has 0 fully saturated rings. The van der Waals surface area contributed by atoms with Crippen LogP contribution in [0, 0.1) is 12.7 Å². The first kappa shape index (κ1) is 10.4. The lowest BCUT2D eigenvalue weighted by atomic mass is 10.2. The highest BCUT2D eigenvalue weighted by atomic mass is 19.1. The molecule has 0 spiro atoms. The summed E-state index contributed by atoms with van der Waals surface area (Å²) in [7, 11) is 0. The second-order valence-electron chi connectivity index (χ2n) is 3.41. The highest BCUT2D eigenvalue weighted by molar-refractivity contribution is 5.69. The molecule has 1 aromatic carbocycles. The number of hydrogen-bond acceptors (Lipinski definition) is 4. The second-order valence-corrected chi connectivity index (χ2v) is 3.41. The number of aryl methyl sites for hydroxylation is 1. The van der Waals surface area contributed by atoms with E-state index in [2.05, 4.69) is 15.3 Å². The van der Waals surface area contributed by atoms with Gasteiger partial charge in [-0.05, 0) is 30.7 Å². The van der Waals surface area contributed by atoms with Crippen LogP contribution in [0.4, 0.5) is 21.6 Å². The van der Waals surface area contributed by atoms with E-state index in [0.717, 1.165) is 11.3 Å². The summed E-state index contributed by atoms with van der Waals surface area (Å²) in [6, 6.07) is 4.47. The average molecular weight is 218 g/mol. The second kappa shape index (κ2) is 4.14. The third-order valence-electron chi connectivity index (χ3n) is 2.18. The Morgan fingerprint density at radius 3 is 2.88 bits per heavy atom. The number of nitrogen functional groups attached to an aromatic ring is 1. The molecular weight excluding hydrogens is 207 g/mol. The van der Waals surface area contributed by atoms with Crippen LogP contribution in [0.2, 0.25) is 0 Å². The lowest BCUT2D eigenvalue weighted by molar-refractivity contribution is 0.627. The van der Waals surface area contributed by atoms with E-state index < -0.39 is 0 Å². The van der Waals surface area contributed by atoms with Crippen molar-refractivity contribution >= 4 is 17.2 Å². The van der Waals surface area contributed by atoms with Gasteiger partial charge in [-0.2, -0.15) is 0 Å². The molecule has 0 aliphatic heterocycles. The van der Waals surface area contributed by atoms with E-state index in [1.165, 1.54) is 24.7 Å². The van der Waals surface area contributed by atoms with E-state index in [-0.39, 0.29) is 5.82 Å². The van der Waals surface area contributed by atoms with Gasteiger partial charge in [0.25, 0.3) is 0 Å². The molecule has 0 saturated carbocycles. The van der Waals surface area contributed by atoms with Crippen LogP contribution in [0.25, 0.3) is 0 Å². The maximum atomic E-state index is 12.9. The average Bonchev–Trinajstić information content (AvgIpc) is 2.25. The van der Waals surface area contributed by atoms with Crippen molar-refractivity contribution in [3.63, 3.8) is 0 Å². The van der Waals surface area contributed by atoms with Gasteiger partial charge in [0.15, 0.2) is 5.82 Å². The van der Waals surface area contributed by atoms with E-state index in [9.17, 15) is 4.39 Å². The summed E-state index contributed by atoms with van der Waals surface area (Å²) >= 11 is 0. The lowest BCUT2D eigenvalue weighted by Gasteiger charge is -2.09. The quantitative estimate of drug-likeness (QED) is 0.811. The molecule has 1 aromatic heterocycles. The number of nitrogens with two attached hydrogens (primary N) is 1. The Morgan fingerprint density at radius 2 is 2.19 bits per heavy atom. The van der Waals surface area contributed by atoms with Crippen LogP contribution in [0.1, 0.15) is 5.56 Å². The van der Waals surface area contributed by atoms with Gasteiger partial charge in [0, 0.05) is 5.69 Å². The Balaban J connectivity index is 2.31. The number of nitrogens with one attached hydrogen (secondary N) is 1. The van der Waals surface area contributed by atoms with Gasteiger partial charge in [0.1, 0.15) is 12.1 Å². The van der Waals surface area contributed by atoms with Crippen LogP contribution >= 0.6 is 0 Å². The third-order valence-corrected chi connectivity index (χ3v) is 2.18. The van der Waals surface area contributed by atoms with Crippen LogP contribution in [0.3, 0.4) is 0 Å². The zero-order chi connectivity index (χ0) is 11.5. The van der Waals surface area contributed by atoms with E-state index in [1.807, 2.05) is 6.92 Å². The third kappa shape index (κ3) is 2.08. The summed E-state index contributed by atoms with van der Waals surface area (Å²) in [6.45, 7) is 1.81. The fourth-order valence-corrected chi connectivity index (χ4v) is 1.34. The predicted octanol–water partition coefficient (Wildman–Crippen LogP) is 2.25. The first-order chi connectivity index (χ1) is 7.66. The largest absolute Gasteiger partial charge is 0.394 e. The molecule has 0 atom stereocenters. The minimum Gasteiger partial charge on any atom is -0.394 e. The molecule has 16 heavy (non-hydrogen) atoms. The van der Waals surface area contributed by atoms with E-state index in [1.54, 1.807) is 6.07 Å². The van der Waals surface area contributed by atoms with Crippen molar-refractivity contribution < 1.29 is 4.39 Å². The smallest absolute Gasteiger partial charge is 0.157 e. The van der Waals surface area contributed by atoms with Crippen LogP contribution in [0.15, 0.2) is 30.7 Å². The summed E-state index contributed by atoms with van der Waals surface area (Å²) in [4.78, 5) is 7.78. The van der Waals surface area contributed by atoms with Gasteiger partial charge >= 0.3 is 0 Å². The summed E-state index contributed by atoms with van der Waals surface area (Å²) < 4.78 is 12.9. The number of halogens is 1. The molecule has 82 valence electrons. The fraction of sp³-hybridized carbons (Fsp3) is 0.0909. The molecule has 0 radical (unpaired) electrons. The minimum absolute atomic E-state index is 0.265. The summed E-state index contributed by atoms with van der Waals surface area (Å²) in [6.07, 6.45) is 2.91. The standard InChI is InChI=1S/C11H11FN4/c1-7-4-8(12)2-3-10(7)16-11-9(13)5-14-6-15-11/h2-6H,13H2,1H3,(H,14,15,16). The predicted molar refractivity (Wildman–Crippen MR) is 60.9 cm³/mol. The summed E-state index contributed by atoms with van der Waals surface area (Å²) in [5, 5.41) is 3.02.